The first-order chi connectivity index (χ1) is 45.9. The molecule has 1 aliphatic rings. The summed E-state index contributed by atoms with van der Waals surface area (Å²) in [5.74, 6) is -15.1. The van der Waals surface area contributed by atoms with Crippen molar-refractivity contribution < 1.29 is 106 Å². The Bertz CT molecular complexity index is 3240. The number of benzene rings is 2. The molecule has 3 rings (SSSR count). The third-order valence-electron chi connectivity index (χ3n) is 14.5. The predicted molar refractivity (Wildman–Crippen MR) is 342 cm³/mol. The van der Waals surface area contributed by atoms with Crippen molar-refractivity contribution in [1.82, 2.24) is 63.4 Å². The molecule has 0 aromatic heterocycles. The van der Waals surface area contributed by atoms with E-state index >= 15 is 0 Å². The standard InChI is InChI=1S/C58H88N17O22P/c1-28(2)20-37(67-31(5)78)52(88)71-39(22-33-12-16-35(80)17-13-33)54(90)69-36(8-6-18-63-58(61)62)50(86)65-29(3)48(84)70-40(23-45(59)81)51(87)66-30(4)49(85)74-43(27-97-98(94,95)96)55(91)73-42(26-77)57(93)75-19-7-9-44(75)56(92)64-24-46(82)68-38(21-32-10-14-34(79)15-11-32)53(89)72-41(25-76)47(60)83/h10-17,28-30,36-44,76-77,79-80H,6-9,18-27H2,1-5H3,(H2,59,81)(H2,60,83)(H,64,92)(H,65,86)(H,66,87)(H,67,78)(H,68,82)(H,69,90)(H,70,84)(H,71,88)(H,72,89)(H,73,91)(H,74,85)(H4,61,62,63)(H2,94,95,96)/t29-,30-,36-,37-,38-,39-,40-,41-,42-,43-,44-/m0/s1. The van der Waals surface area contributed by atoms with E-state index in [0.717, 1.165) is 18.7 Å². The second-order valence-corrected chi connectivity index (χ2v) is 24.4. The predicted octanol–water partition coefficient (Wildman–Crippen LogP) is -8.55. The smallest absolute Gasteiger partial charge is 0.469 e. The van der Waals surface area contributed by atoms with Crippen molar-refractivity contribution in [3.05, 3.63) is 59.7 Å². The zero-order valence-corrected chi connectivity index (χ0v) is 55.2. The van der Waals surface area contributed by atoms with Crippen LogP contribution in [0.1, 0.15) is 84.3 Å². The Morgan fingerprint density at radius 2 is 1.03 bits per heavy atom. The van der Waals surface area contributed by atoms with Gasteiger partial charge in [0.1, 0.15) is 78.0 Å². The van der Waals surface area contributed by atoms with Gasteiger partial charge in [-0.25, -0.2) is 4.57 Å². The molecule has 25 N–H and O–H groups in total. The molecule has 40 heteroatoms. The number of carbonyl (C=O) groups is 14. The molecule has 0 spiro atoms. The lowest BCUT2D eigenvalue weighted by Gasteiger charge is -2.29. The summed E-state index contributed by atoms with van der Waals surface area (Å²) in [6.45, 7) is 2.59. The number of aliphatic hydroxyl groups is 2. The van der Waals surface area contributed by atoms with E-state index in [1.807, 2.05) is 0 Å². The maximum absolute atomic E-state index is 14.2. The quantitative estimate of drug-likeness (QED) is 0.0128. The molecule has 11 atom stereocenters. The number of phosphoric ester groups is 1. The summed E-state index contributed by atoms with van der Waals surface area (Å²) < 4.78 is 16.3. The van der Waals surface area contributed by atoms with Crippen molar-refractivity contribution >= 4 is 96.5 Å². The molecule has 0 saturated carbocycles. The molecule has 14 amide bonds. The van der Waals surface area contributed by atoms with Crippen molar-refractivity contribution in [3.63, 3.8) is 0 Å². The number of aliphatic imine (C=N–C) groups is 1. The summed E-state index contributed by atoms with van der Waals surface area (Å²) in [6.07, 6.45) is -1.15. The number of guanidine groups is 1. The van der Waals surface area contributed by atoms with Gasteiger partial charge in [-0.2, -0.15) is 0 Å². The van der Waals surface area contributed by atoms with Gasteiger partial charge < -0.3 is 117 Å². The number of primary amides is 2. The second kappa shape index (κ2) is 39.8. The summed E-state index contributed by atoms with van der Waals surface area (Å²) in [7, 11) is -5.44. The largest absolute Gasteiger partial charge is 0.508 e. The van der Waals surface area contributed by atoms with Crippen LogP contribution in [0.15, 0.2) is 53.5 Å². The molecule has 2 aromatic carbocycles. The molecular weight excluding hydrogens is 1320 g/mol. The molecular formula is C58H88N17O22P. The average Bonchev–Trinajstić information content (AvgIpc) is 1.59. The minimum absolute atomic E-state index is 0.0183. The van der Waals surface area contributed by atoms with Crippen LogP contribution in [0.4, 0.5) is 0 Å². The number of hydrogen-bond donors (Lipinski definition) is 21. The minimum Gasteiger partial charge on any atom is -0.508 e. The lowest BCUT2D eigenvalue weighted by atomic mass is 10.0. The molecule has 1 heterocycles. The lowest BCUT2D eigenvalue weighted by Crippen LogP contribution is -2.61. The molecule has 0 unspecified atom stereocenters. The monoisotopic (exact) mass is 1410 g/mol. The van der Waals surface area contributed by atoms with Gasteiger partial charge in [0.15, 0.2) is 5.96 Å². The fourth-order valence-electron chi connectivity index (χ4n) is 9.51. The first kappa shape index (κ1) is 82.2. The number of aromatic hydroxyl groups is 2. The second-order valence-electron chi connectivity index (χ2n) is 23.2. The summed E-state index contributed by atoms with van der Waals surface area (Å²) >= 11 is 0. The number of rotatable bonds is 40. The van der Waals surface area contributed by atoms with Crippen LogP contribution in [0, 0.1) is 5.92 Å². The van der Waals surface area contributed by atoms with E-state index in [1.165, 1.54) is 55.5 Å². The molecule has 98 heavy (non-hydrogen) atoms. The van der Waals surface area contributed by atoms with Crippen LogP contribution < -0.4 is 81.4 Å². The molecule has 0 radical (unpaired) electrons. The van der Waals surface area contributed by atoms with E-state index < -0.39 is 190 Å². The molecule has 542 valence electrons. The van der Waals surface area contributed by atoms with Crippen LogP contribution in [-0.4, -0.2) is 230 Å². The highest BCUT2D eigenvalue weighted by Gasteiger charge is 2.40. The van der Waals surface area contributed by atoms with Crippen LogP contribution >= 0.6 is 7.82 Å². The summed E-state index contributed by atoms with van der Waals surface area (Å²) in [6, 6.07) is -6.55. The minimum atomic E-state index is -5.44. The number of nitrogens with two attached hydrogens (primary N) is 4. The molecule has 0 bridgehead atoms. The Morgan fingerprint density at radius 1 is 0.582 bits per heavy atom. The number of likely N-dealkylation sites (tertiary alicyclic amines) is 1. The van der Waals surface area contributed by atoms with Crippen molar-refractivity contribution in [2.24, 2.45) is 33.8 Å². The van der Waals surface area contributed by atoms with Gasteiger partial charge in [0.25, 0.3) is 0 Å². The number of hydrogen-bond acceptors (Lipinski definition) is 21. The van der Waals surface area contributed by atoms with Crippen molar-refractivity contribution in [2.45, 2.75) is 152 Å². The van der Waals surface area contributed by atoms with Gasteiger partial charge in [0.2, 0.25) is 82.7 Å². The average molecular weight is 1410 g/mol. The van der Waals surface area contributed by atoms with E-state index in [2.05, 4.69) is 68.0 Å². The number of phenols is 2. The van der Waals surface area contributed by atoms with Gasteiger partial charge in [-0.15, -0.1) is 0 Å². The first-order valence-electron chi connectivity index (χ1n) is 30.6. The zero-order chi connectivity index (χ0) is 73.7. The molecule has 39 nitrogen and oxygen atoms in total. The fraction of sp³-hybridized carbons (Fsp3) is 0.534. The van der Waals surface area contributed by atoms with Gasteiger partial charge in [0.05, 0.1) is 32.8 Å². The number of aliphatic hydroxyl groups excluding tert-OH is 2. The maximum Gasteiger partial charge on any atom is 0.469 e. The summed E-state index contributed by atoms with van der Waals surface area (Å²) in [4.78, 5) is 210. The van der Waals surface area contributed by atoms with Crippen LogP contribution in [0.25, 0.3) is 0 Å². The Morgan fingerprint density at radius 3 is 1.51 bits per heavy atom. The van der Waals surface area contributed by atoms with Crippen LogP contribution in [-0.2, 0) is 89.1 Å². The number of phosphoric acid groups is 1. The van der Waals surface area contributed by atoms with Crippen molar-refractivity contribution in [1.29, 1.82) is 0 Å². The van der Waals surface area contributed by atoms with Crippen molar-refractivity contribution in [2.75, 3.05) is 39.5 Å². The topological polar surface area (TPSA) is 639 Å². The Balaban J connectivity index is 1.76. The fourth-order valence-corrected chi connectivity index (χ4v) is 9.85. The first-order valence-corrected chi connectivity index (χ1v) is 32.1. The highest BCUT2D eigenvalue weighted by molar-refractivity contribution is 7.46. The van der Waals surface area contributed by atoms with Gasteiger partial charge in [-0.3, -0.25) is 76.6 Å². The highest BCUT2D eigenvalue weighted by atomic mass is 31.2. The Hall–Kier alpha value is -10.1. The van der Waals surface area contributed by atoms with Crippen molar-refractivity contribution in [3.8, 4) is 11.5 Å². The zero-order valence-electron chi connectivity index (χ0n) is 54.3. The van der Waals surface area contributed by atoms with Crippen LogP contribution in [0.3, 0.4) is 0 Å². The SMILES string of the molecule is CC(=O)N[C@@H](CC(C)C)C(=O)N[C@@H](Cc1ccc(O)cc1)C(=O)N[C@@H](CCCN=C(N)N)C(=O)N[C@@H](C)C(=O)N[C@@H](CC(N)=O)C(=O)N[C@@H](C)C(=O)N[C@@H](COP(=O)(O)O)C(=O)N[C@@H](CO)C(=O)N1CCC[C@H]1C(=O)NCC(=O)N[C@@H](Cc1ccc(O)cc1)C(=O)N[C@@H](CO)C(N)=O. The molecule has 0 aliphatic carbocycles. The van der Waals surface area contributed by atoms with E-state index in [4.69, 9.17) is 22.9 Å². The number of phenolic OH excluding ortho intramolecular Hbond substituents is 2. The van der Waals surface area contributed by atoms with Gasteiger partial charge in [-0.05, 0) is 87.3 Å². The summed E-state index contributed by atoms with van der Waals surface area (Å²) in [5, 5.41) is 65.0. The molecule has 1 fully saturated rings. The number of nitrogens with zero attached hydrogens (tertiary/aromatic N) is 2. The molecule has 2 aromatic rings. The third kappa shape index (κ3) is 29.1. The highest BCUT2D eigenvalue weighted by Crippen LogP contribution is 2.35. The van der Waals surface area contributed by atoms with Crippen LogP contribution in [0.5, 0.6) is 11.5 Å². The number of amides is 14. The normalized spacial score (nSPS) is 15.8. The summed E-state index contributed by atoms with van der Waals surface area (Å²) in [5.41, 5.74) is 22.4. The Labute approximate surface area is 561 Å². The van der Waals surface area contributed by atoms with Gasteiger partial charge in [0, 0.05) is 32.9 Å². The molecule has 1 aliphatic heterocycles. The number of carbonyl (C=O) groups excluding carboxylic acids is 14. The van der Waals surface area contributed by atoms with E-state index in [1.54, 1.807) is 13.8 Å². The van der Waals surface area contributed by atoms with E-state index in [9.17, 15) is 102 Å². The lowest BCUT2D eigenvalue weighted by molar-refractivity contribution is -0.143. The van der Waals surface area contributed by atoms with Gasteiger partial charge >= 0.3 is 7.82 Å². The maximum atomic E-state index is 14.2. The van der Waals surface area contributed by atoms with Crippen LogP contribution in [0.2, 0.25) is 0 Å². The van der Waals surface area contributed by atoms with E-state index in [0.29, 0.717) is 11.1 Å². The Kier molecular flexibility index (Phi) is 33.4. The van der Waals surface area contributed by atoms with E-state index in [-0.39, 0.29) is 81.4 Å². The van der Waals surface area contributed by atoms with Gasteiger partial charge in [-0.1, -0.05) is 38.1 Å². The third-order valence-corrected chi connectivity index (χ3v) is 15.0. The number of nitrogens with one attached hydrogen (secondary N) is 11. The molecule has 1 saturated heterocycles.